The van der Waals surface area contributed by atoms with Crippen molar-refractivity contribution < 1.29 is 18.3 Å². The van der Waals surface area contributed by atoms with E-state index in [2.05, 4.69) is 15.6 Å². The third-order valence-electron chi connectivity index (χ3n) is 4.91. The van der Waals surface area contributed by atoms with Crippen molar-refractivity contribution in [2.24, 2.45) is 10.4 Å². The van der Waals surface area contributed by atoms with E-state index in [0.29, 0.717) is 24.9 Å². The van der Waals surface area contributed by atoms with E-state index < -0.39 is 11.6 Å². The fourth-order valence-electron chi connectivity index (χ4n) is 3.36. The second-order valence-electron chi connectivity index (χ2n) is 6.73. The van der Waals surface area contributed by atoms with E-state index in [4.69, 9.17) is 9.47 Å². The van der Waals surface area contributed by atoms with Gasteiger partial charge in [0.05, 0.1) is 6.54 Å². The molecule has 1 aromatic carbocycles. The first-order valence-corrected chi connectivity index (χ1v) is 9.10. The van der Waals surface area contributed by atoms with Crippen molar-refractivity contribution in [2.75, 3.05) is 40.5 Å². The number of guanidine groups is 1. The fourth-order valence-corrected chi connectivity index (χ4v) is 3.36. The van der Waals surface area contributed by atoms with Gasteiger partial charge in [0.1, 0.15) is 12.4 Å². The van der Waals surface area contributed by atoms with Crippen molar-refractivity contribution >= 4 is 5.96 Å². The van der Waals surface area contributed by atoms with E-state index in [9.17, 15) is 8.78 Å². The van der Waals surface area contributed by atoms with Gasteiger partial charge in [-0.1, -0.05) is 12.8 Å². The number of rotatable bonds is 9. The second kappa shape index (κ2) is 10.3. The van der Waals surface area contributed by atoms with Crippen molar-refractivity contribution in [1.82, 2.24) is 10.6 Å². The minimum atomic E-state index is -0.911. The summed E-state index contributed by atoms with van der Waals surface area (Å²) in [6, 6.07) is 3.51. The Balaban J connectivity index is 1.72. The Morgan fingerprint density at radius 2 is 1.92 bits per heavy atom. The number of halogens is 2. The quantitative estimate of drug-likeness (QED) is 0.399. The van der Waals surface area contributed by atoms with Crippen molar-refractivity contribution in [2.45, 2.75) is 32.1 Å². The van der Waals surface area contributed by atoms with E-state index in [1.54, 1.807) is 14.2 Å². The molecule has 0 heterocycles. The lowest BCUT2D eigenvalue weighted by atomic mass is 9.83. The number of ether oxygens (including phenoxy) is 2. The molecule has 5 nitrogen and oxygen atoms in total. The van der Waals surface area contributed by atoms with Crippen LogP contribution in [-0.2, 0) is 4.74 Å². The zero-order valence-electron chi connectivity index (χ0n) is 15.6. The van der Waals surface area contributed by atoms with Gasteiger partial charge in [-0.05, 0) is 36.8 Å². The molecule has 1 aliphatic rings. The molecule has 0 aliphatic heterocycles. The second-order valence-corrected chi connectivity index (χ2v) is 6.73. The maximum absolute atomic E-state index is 13.1. The first-order chi connectivity index (χ1) is 12.6. The van der Waals surface area contributed by atoms with Gasteiger partial charge in [0.15, 0.2) is 17.6 Å². The first-order valence-electron chi connectivity index (χ1n) is 9.10. The summed E-state index contributed by atoms with van der Waals surface area (Å²) in [6.45, 7) is 2.46. The summed E-state index contributed by atoms with van der Waals surface area (Å²) in [5.41, 5.74) is 0.274. The van der Waals surface area contributed by atoms with Crippen molar-refractivity contribution in [1.29, 1.82) is 0 Å². The third kappa shape index (κ3) is 6.12. The Labute approximate surface area is 154 Å². The molecule has 0 saturated heterocycles. The minimum absolute atomic E-state index is 0.274. The summed E-state index contributed by atoms with van der Waals surface area (Å²) in [4.78, 5) is 4.23. The Kier molecular flexibility index (Phi) is 8.09. The van der Waals surface area contributed by atoms with E-state index in [0.717, 1.165) is 31.7 Å². The average Bonchev–Trinajstić information content (AvgIpc) is 3.11. The molecule has 2 rings (SSSR count). The number of hydrogen-bond acceptors (Lipinski definition) is 3. The van der Waals surface area contributed by atoms with Crippen LogP contribution >= 0.6 is 0 Å². The smallest absolute Gasteiger partial charge is 0.191 e. The molecule has 0 aromatic heterocycles. The fraction of sp³-hybridized carbons (Fsp3) is 0.632. The highest BCUT2D eigenvalue weighted by Crippen LogP contribution is 2.40. The lowest BCUT2D eigenvalue weighted by Gasteiger charge is -2.29. The highest BCUT2D eigenvalue weighted by atomic mass is 19.2. The molecule has 146 valence electrons. The number of nitrogens with one attached hydrogen (secondary N) is 2. The van der Waals surface area contributed by atoms with E-state index in [1.165, 1.54) is 31.7 Å². The highest BCUT2D eigenvalue weighted by molar-refractivity contribution is 5.79. The van der Waals surface area contributed by atoms with Gasteiger partial charge >= 0.3 is 0 Å². The lowest BCUT2D eigenvalue weighted by molar-refractivity contribution is 0.138. The first kappa shape index (κ1) is 20.4. The molecule has 26 heavy (non-hydrogen) atoms. The van der Waals surface area contributed by atoms with E-state index in [1.807, 2.05) is 0 Å². The Bertz CT molecular complexity index is 590. The molecule has 1 aromatic rings. The Morgan fingerprint density at radius 1 is 1.15 bits per heavy atom. The van der Waals surface area contributed by atoms with Gasteiger partial charge in [-0.15, -0.1) is 0 Å². The van der Waals surface area contributed by atoms with Crippen LogP contribution in [0.3, 0.4) is 0 Å². The van der Waals surface area contributed by atoms with Crippen LogP contribution in [0, 0.1) is 17.0 Å². The zero-order valence-corrected chi connectivity index (χ0v) is 15.6. The van der Waals surface area contributed by atoms with Crippen LogP contribution in [0.25, 0.3) is 0 Å². The minimum Gasteiger partial charge on any atom is -0.492 e. The monoisotopic (exact) mass is 369 g/mol. The van der Waals surface area contributed by atoms with Crippen LogP contribution < -0.4 is 15.4 Å². The largest absolute Gasteiger partial charge is 0.492 e. The number of benzene rings is 1. The molecule has 1 fully saturated rings. The standard InChI is InChI=1S/C19H29F2N3O2/c1-22-18(24-14-19(9-11-25-2)7-3-4-8-19)23-10-12-26-15-5-6-16(20)17(21)13-15/h5-6,13H,3-4,7-12,14H2,1-2H3,(H2,22,23,24). The SMILES string of the molecule is CN=C(NCCOc1ccc(F)c(F)c1)NCC1(CCOC)CCCC1. The van der Waals surface area contributed by atoms with Gasteiger partial charge in [-0.3, -0.25) is 4.99 Å². The van der Waals surface area contributed by atoms with E-state index >= 15 is 0 Å². The summed E-state index contributed by atoms with van der Waals surface area (Å²) in [5, 5.41) is 6.57. The van der Waals surface area contributed by atoms with Crippen LogP contribution in [-0.4, -0.2) is 46.4 Å². The van der Waals surface area contributed by atoms with Gasteiger partial charge in [0.25, 0.3) is 0 Å². The van der Waals surface area contributed by atoms with Crippen LogP contribution in [0.2, 0.25) is 0 Å². The molecule has 0 amide bonds. The van der Waals surface area contributed by atoms with Crippen LogP contribution in [0.15, 0.2) is 23.2 Å². The third-order valence-corrected chi connectivity index (χ3v) is 4.91. The van der Waals surface area contributed by atoms with Gasteiger partial charge in [-0.2, -0.15) is 0 Å². The number of aliphatic imine (C=N–C) groups is 1. The molecule has 1 aliphatic carbocycles. The zero-order chi connectivity index (χ0) is 18.8. The summed E-state index contributed by atoms with van der Waals surface area (Å²) in [7, 11) is 3.46. The van der Waals surface area contributed by atoms with Crippen molar-refractivity contribution in [3.8, 4) is 5.75 Å². The number of nitrogens with zero attached hydrogens (tertiary/aromatic N) is 1. The number of hydrogen-bond donors (Lipinski definition) is 2. The molecule has 0 radical (unpaired) electrons. The Hall–Kier alpha value is -1.89. The van der Waals surface area contributed by atoms with Gasteiger partial charge in [-0.25, -0.2) is 8.78 Å². The van der Waals surface area contributed by atoms with Crippen LogP contribution in [0.5, 0.6) is 5.75 Å². The lowest BCUT2D eigenvalue weighted by Crippen LogP contribution is -2.44. The topological polar surface area (TPSA) is 54.9 Å². The maximum atomic E-state index is 13.1. The molecule has 1 saturated carbocycles. The van der Waals surface area contributed by atoms with Crippen LogP contribution in [0.1, 0.15) is 32.1 Å². The maximum Gasteiger partial charge on any atom is 0.191 e. The molecular formula is C19H29F2N3O2. The van der Waals surface area contributed by atoms with E-state index in [-0.39, 0.29) is 5.41 Å². The summed E-state index contributed by atoms with van der Waals surface area (Å²) in [6.07, 6.45) is 5.99. The van der Waals surface area contributed by atoms with Gasteiger partial charge in [0, 0.05) is 33.4 Å². The van der Waals surface area contributed by atoms with Gasteiger partial charge in [0.2, 0.25) is 0 Å². The van der Waals surface area contributed by atoms with Crippen molar-refractivity contribution in [3.63, 3.8) is 0 Å². The predicted molar refractivity (Wildman–Crippen MR) is 98.6 cm³/mol. The van der Waals surface area contributed by atoms with Crippen molar-refractivity contribution in [3.05, 3.63) is 29.8 Å². The molecule has 2 N–H and O–H groups in total. The predicted octanol–water partition coefficient (Wildman–Crippen LogP) is 3.11. The molecule has 0 atom stereocenters. The summed E-state index contributed by atoms with van der Waals surface area (Å²) >= 11 is 0. The average molecular weight is 369 g/mol. The summed E-state index contributed by atoms with van der Waals surface area (Å²) < 4.78 is 36.7. The molecular weight excluding hydrogens is 340 g/mol. The Morgan fingerprint density at radius 3 is 2.58 bits per heavy atom. The molecule has 0 unspecified atom stereocenters. The normalized spacial score (nSPS) is 16.5. The summed E-state index contributed by atoms with van der Waals surface area (Å²) in [5.74, 6) is -0.777. The highest BCUT2D eigenvalue weighted by Gasteiger charge is 2.33. The molecule has 7 heteroatoms. The van der Waals surface area contributed by atoms with Gasteiger partial charge < -0.3 is 20.1 Å². The molecule has 0 spiro atoms. The molecule has 0 bridgehead atoms. The van der Waals surface area contributed by atoms with Crippen LogP contribution in [0.4, 0.5) is 8.78 Å². The number of methoxy groups -OCH3 is 1.